The first-order valence-electron chi connectivity index (χ1n) is 7.11. The molecule has 6 heteroatoms. The minimum absolute atomic E-state index is 0.122. The standard InChI is InChI=1S/C15H22N4O2/c1-15(2,3)17-14(21)12-8-13(10-16-9-12)19-6-4-18(11-20)5-7-19/h8-11H,4-7H2,1-3H3,(H,17,21). The molecule has 2 amide bonds. The Balaban J connectivity index is 2.08. The summed E-state index contributed by atoms with van der Waals surface area (Å²) >= 11 is 0. The van der Waals surface area contributed by atoms with Gasteiger partial charge in [-0.05, 0) is 26.8 Å². The van der Waals surface area contributed by atoms with Gasteiger partial charge in [0.25, 0.3) is 5.91 Å². The summed E-state index contributed by atoms with van der Waals surface area (Å²) in [5.41, 5.74) is 1.20. The molecule has 1 saturated heterocycles. The monoisotopic (exact) mass is 290 g/mol. The van der Waals surface area contributed by atoms with Crippen LogP contribution in [0.25, 0.3) is 0 Å². The zero-order valence-corrected chi connectivity index (χ0v) is 12.8. The molecule has 0 unspecified atom stereocenters. The van der Waals surface area contributed by atoms with Crippen molar-refractivity contribution in [3.63, 3.8) is 0 Å². The second kappa shape index (κ2) is 6.11. The molecular weight excluding hydrogens is 268 g/mol. The predicted octanol–water partition coefficient (Wildman–Crippen LogP) is 0.888. The van der Waals surface area contributed by atoms with Gasteiger partial charge in [-0.1, -0.05) is 0 Å². The van der Waals surface area contributed by atoms with E-state index in [1.807, 2.05) is 26.8 Å². The Morgan fingerprint density at radius 1 is 1.24 bits per heavy atom. The Kier molecular flexibility index (Phi) is 4.45. The second-order valence-electron chi connectivity index (χ2n) is 6.26. The highest BCUT2D eigenvalue weighted by atomic mass is 16.2. The first kappa shape index (κ1) is 15.3. The third kappa shape index (κ3) is 4.18. The summed E-state index contributed by atoms with van der Waals surface area (Å²) in [6.07, 6.45) is 4.21. The van der Waals surface area contributed by atoms with E-state index >= 15 is 0 Å². The van der Waals surface area contributed by atoms with E-state index in [4.69, 9.17) is 0 Å². The Hall–Kier alpha value is -2.11. The molecule has 0 bridgehead atoms. The molecule has 2 heterocycles. The van der Waals surface area contributed by atoms with Crippen molar-refractivity contribution in [3.8, 4) is 0 Å². The van der Waals surface area contributed by atoms with Crippen molar-refractivity contribution in [2.75, 3.05) is 31.1 Å². The maximum absolute atomic E-state index is 12.2. The number of pyridine rings is 1. The van der Waals surface area contributed by atoms with E-state index in [1.165, 1.54) is 0 Å². The number of aromatic nitrogens is 1. The molecule has 0 aromatic carbocycles. The van der Waals surface area contributed by atoms with Crippen molar-refractivity contribution in [2.45, 2.75) is 26.3 Å². The van der Waals surface area contributed by atoms with Crippen LogP contribution in [0.4, 0.5) is 5.69 Å². The van der Waals surface area contributed by atoms with Crippen molar-refractivity contribution < 1.29 is 9.59 Å². The molecule has 2 rings (SSSR count). The minimum atomic E-state index is -0.275. The SMILES string of the molecule is CC(C)(C)NC(=O)c1cncc(N2CCN(C=O)CC2)c1. The molecule has 1 aliphatic rings. The molecule has 6 nitrogen and oxygen atoms in total. The van der Waals surface area contributed by atoms with Crippen LogP contribution >= 0.6 is 0 Å². The van der Waals surface area contributed by atoms with Crippen LogP contribution in [0.15, 0.2) is 18.5 Å². The molecule has 1 aromatic rings. The third-order valence-electron chi connectivity index (χ3n) is 3.30. The van der Waals surface area contributed by atoms with Crippen LogP contribution in [0.1, 0.15) is 31.1 Å². The number of hydrogen-bond donors (Lipinski definition) is 1. The average Bonchev–Trinajstić information content (AvgIpc) is 2.46. The van der Waals surface area contributed by atoms with Gasteiger partial charge in [-0.3, -0.25) is 14.6 Å². The highest BCUT2D eigenvalue weighted by molar-refractivity contribution is 5.95. The number of carbonyl (C=O) groups is 2. The smallest absolute Gasteiger partial charge is 0.253 e. The van der Waals surface area contributed by atoms with Crippen LogP contribution in [-0.4, -0.2) is 53.9 Å². The predicted molar refractivity (Wildman–Crippen MR) is 81.3 cm³/mol. The fraction of sp³-hybridized carbons (Fsp3) is 0.533. The quantitative estimate of drug-likeness (QED) is 0.840. The molecule has 1 aliphatic heterocycles. The number of anilines is 1. The maximum Gasteiger partial charge on any atom is 0.253 e. The van der Waals surface area contributed by atoms with E-state index in [2.05, 4.69) is 15.2 Å². The maximum atomic E-state index is 12.2. The number of rotatable bonds is 3. The van der Waals surface area contributed by atoms with Gasteiger partial charge < -0.3 is 15.1 Å². The van der Waals surface area contributed by atoms with Crippen molar-refractivity contribution in [1.82, 2.24) is 15.2 Å². The molecule has 21 heavy (non-hydrogen) atoms. The van der Waals surface area contributed by atoms with Crippen LogP contribution in [0.3, 0.4) is 0 Å². The van der Waals surface area contributed by atoms with E-state index in [9.17, 15) is 9.59 Å². The van der Waals surface area contributed by atoms with Crippen LogP contribution in [-0.2, 0) is 4.79 Å². The van der Waals surface area contributed by atoms with Crippen LogP contribution < -0.4 is 10.2 Å². The van der Waals surface area contributed by atoms with Gasteiger partial charge in [0.15, 0.2) is 0 Å². The largest absolute Gasteiger partial charge is 0.367 e. The Morgan fingerprint density at radius 3 is 2.48 bits per heavy atom. The molecule has 0 aliphatic carbocycles. The topological polar surface area (TPSA) is 65.5 Å². The summed E-state index contributed by atoms with van der Waals surface area (Å²) in [6.45, 7) is 8.74. The Bertz CT molecular complexity index is 517. The summed E-state index contributed by atoms with van der Waals surface area (Å²) in [6, 6.07) is 1.85. The lowest BCUT2D eigenvalue weighted by Crippen LogP contribution is -2.46. The summed E-state index contributed by atoms with van der Waals surface area (Å²) in [4.78, 5) is 30.9. The molecule has 1 N–H and O–H groups in total. The molecule has 0 atom stereocenters. The molecule has 0 saturated carbocycles. The zero-order valence-electron chi connectivity index (χ0n) is 12.8. The van der Waals surface area contributed by atoms with Crippen molar-refractivity contribution in [2.24, 2.45) is 0 Å². The molecule has 0 spiro atoms. The van der Waals surface area contributed by atoms with E-state index in [-0.39, 0.29) is 11.4 Å². The lowest BCUT2D eigenvalue weighted by Gasteiger charge is -2.34. The lowest BCUT2D eigenvalue weighted by molar-refractivity contribution is -0.118. The van der Waals surface area contributed by atoms with E-state index in [1.54, 1.807) is 17.3 Å². The van der Waals surface area contributed by atoms with Gasteiger partial charge in [0.1, 0.15) is 0 Å². The van der Waals surface area contributed by atoms with E-state index in [0.29, 0.717) is 18.7 Å². The van der Waals surface area contributed by atoms with Crippen LogP contribution in [0.5, 0.6) is 0 Å². The number of piperazine rings is 1. The highest BCUT2D eigenvalue weighted by Gasteiger charge is 2.19. The summed E-state index contributed by atoms with van der Waals surface area (Å²) in [7, 11) is 0. The fourth-order valence-corrected chi connectivity index (χ4v) is 2.22. The molecule has 114 valence electrons. The van der Waals surface area contributed by atoms with Crippen LogP contribution in [0.2, 0.25) is 0 Å². The van der Waals surface area contributed by atoms with Gasteiger partial charge in [0.2, 0.25) is 6.41 Å². The highest BCUT2D eigenvalue weighted by Crippen LogP contribution is 2.17. The average molecular weight is 290 g/mol. The minimum Gasteiger partial charge on any atom is -0.367 e. The van der Waals surface area contributed by atoms with E-state index < -0.39 is 0 Å². The number of hydrogen-bond acceptors (Lipinski definition) is 4. The summed E-state index contributed by atoms with van der Waals surface area (Å²) < 4.78 is 0. The van der Waals surface area contributed by atoms with Crippen LogP contribution in [0, 0.1) is 0 Å². The molecular formula is C15H22N4O2. The first-order valence-corrected chi connectivity index (χ1v) is 7.11. The number of amides is 2. The number of nitrogens with one attached hydrogen (secondary N) is 1. The van der Waals surface area contributed by atoms with Gasteiger partial charge in [0.05, 0.1) is 17.4 Å². The Labute approximate surface area is 125 Å². The van der Waals surface area contributed by atoms with Crippen molar-refractivity contribution in [1.29, 1.82) is 0 Å². The fourth-order valence-electron chi connectivity index (χ4n) is 2.22. The van der Waals surface area contributed by atoms with Gasteiger partial charge in [-0.15, -0.1) is 0 Å². The number of carbonyl (C=O) groups excluding carboxylic acids is 2. The molecule has 0 radical (unpaired) electrons. The molecule has 1 fully saturated rings. The lowest BCUT2D eigenvalue weighted by atomic mass is 10.1. The van der Waals surface area contributed by atoms with Gasteiger partial charge in [-0.2, -0.15) is 0 Å². The van der Waals surface area contributed by atoms with E-state index in [0.717, 1.165) is 25.2 Å². The summed E-state index contributed by atoms with van der Waals surface area (Å²) in [5, 5.41) is 2.93. The Morgan fingerprint density at radius 2 is 1.90 bits per heavy atom. The third-order valence-corrected chi connectivity index (χ3v) is 3.30. The van der Waals surface area contributed by atoms with Gasteiger partial charge in [-0.25, -0.2) is 0 Å². The van der Waals surface area contributed by atoms with Gasteiger partial charge >= 0.3 is 0 Å². The number of nitrogens with zero attached hydrogens (tertiary/aromatic N) is 3. The van der Waals surface area contributed by atoms with Gasteiger partial charge in [0, 0.05) is 37.9 Å². The zero-order chi connectivity index (χ0) is 15.5. The normalized spacial score (nSPS) is 15.8. The second-order valence-corrected chi connectivity index (χ2v) is 6.26. The first-order chi connectivity index (χ1) is 9.89. The van der Waals surface area contributed by atoms with Crippen molar-refractivity contribution in [3.05, 3.63) is 24.0 Å². The molecule has 1 aromatic heterocycles. The summed E-state index contributed by atoms with van der Waals surface area (Å²) in [5.74, 6) is -0.122. The van der Waals surface area contributed by atoms with Crippen molar-refractivity contribution >= 4 is 18.0 Å².